The number of hydrogen-bond donors (Lipinski definition) is 1. The maximum absolute atomic E-state index is 5.16. The number of allylic oxidation sites excluding steroid dienone is 11. The predicted molar refractivity (Wildman–Crippen MR) is 188 cm³/mol. The number of benzene rings is 1. The molecule has 1 N–H and O–H groups in total. The quantitative estimate of drug-likeness (QED) is 0.311. The van der Waals surface area contributed by atoms with Gasteiger partial charge in [-0.15, -0.1) is 0 Å². The molecule has 3 aromatic rings. The van der Waals surface area contributed by atoms with Crippen LogP contribution in [0.5, 0.6) is 0 Å². The summed E-state index contributed by atoms with van der Waals surface area (Å²) in [5.74, 6) is 1.42. The molecule has 0 spiro atoms. The van der Waals surface area contributed by atoms with Gasteiger partial charge in [0.05, 0.1) is 11.2 Å². The van der Waals surface area contributed by atoms with Crippen LogP contribution in [0.4, 0.5) is 0 Å². The van der Waals surface area contributed by atoms with Crippen molar-refractivity contribution < 1.29 is 0 Å². The molecule has 7 rings (SSSR count). The topological polar surface area (TPSA) is 37.8 Å². The molecule has 45 heavy (non-hydrogen) atoms. The van der Waals surface area contributed by atoms with Gasteiger partial charge < -0.3 is 5.32 Å². The summed E-state index contributed by atoms with van der Waals surface area (Å²) >= 11 is 0. The molecule has 0 fully saturated rings. The molecule has 3 heterocycles. The highest BCUT2D eigenvalue weighted by molar-refractivity contribution is 5.75. The Hall–Kier alpha value is -4.50. The normalized spacial score (nSPS) is 29.3. The smallest absolute Gasteiger partial charge is 0.0661 e. The first-order valence-corrected chi connectivity index (χ1v) is 16.6. The van der Waals surface area contributed by atoms with Crippen molar-refractivity contribution in [2.75, 3.05) is 0 Å². The average Bonchev–Trinajstić information content (AvgIpc) is 3.10. The number of nitrogens with zero attached hydrogens (tertiary/aromatic N) is 2. The van der Waals surface area contributed by atoms with E-state index in [1.165, 1.54) is 33.5 Å². The number of aromatic nitrogens is 2. The van der Waals surface area contributed by atoms with Crippen molar-refractivity contribution in [2.45, 2.75) is 51.5 Å². The van der Waals surface area contributed by atoms with E-state index in [1.54, 1.807) is 0 Å². The highest BCUT2D eigenvalue weighted by Crippen LogP contribution is 2.50. The van der Waals surface area contributed by atoms with Gasteiger partial charge in [-0.1, -0.05) is 111 Å². The Bertz CT molecular complexity index is 1740. The van der Waals surface area contributed by atoms with Crippen LogP contribution in [0.1, 0.15) is 68.5 Å². The lowest BCUT2D eigenvalue weighted by Gasteiger charge is -2.44. The third-order valence-electron chi connectivity index (χ3n) is 10.3. The summed E-state index contributed by atoms with van der Waals surface area (Å²) in [6, 6.07) is 21.6. The van der Waals surface area contributed by atoms with Crippen LogP contribution in [0.2, 0.25) is 0 Å². The van der Waals surface area contributed by atoms with Gasteiger partial charge in [0, 0.05) is 41.5 Å². The highest BCUT2D eigenvalue weighted by Gasteiger charge is 2.42. The van der Waals surface area contributed by atoms with Crippen molar-refractivity contribution in [3.63, 3.8) is 0 Å². The molecule has 1 aromatic carbocycles. The van der Waals surface area contributed by atoms with Gasteiger partial charge in [0.15, 0.2) is 0 Å². The molecular formula is C42H43N3. The molecule has 6 unspecified atom stereocenters. The molecule has 0 bridgehead atoms. The van der Waals surface area contributed by atoms with Crippen molar-refractivity contribution in [2.24, 2.45) is 23.7 Å². The standard InChI is InChI=1S/C42H43N3/c1-29-36(34-25-40(32-17-9-5-10-18-32)45-42(3,27-34)35-19-11-6-12-20-35)26-37(38-21-13-14-24-43-38)30(2)41(29)39-23-22-33(28-44-39)31-15-7-4-8-16-31/h5-7,9-19,21-30,35-36,41,45H,4,8,20H2,1-3H3. The Morgan fingerprint density at radius 2 is 1.73 bits per heavy atom. The van der Waals surface area contributed by atoms with Crippen LogP contribution >= 0.6 is 0 Å². The van der Waals surface area contributed by atoms with Crippen molar-refractivity contribution in [1.29, 1.82) is 0 Å². The molecule has 4 aliphatic rings. The molecule has 2 aromatic heterocycles. The molecule has 0 radical (unpaired) electrons. The Balaban J connectivity index is 1.33. The van der Waals surface area contributed by atoms with E-state index in [4.69, 9.17) is 9.97 Å². The van der Waals surface area contributed by atoms with E-state index >= 15 is 0 Å². The van der Waals surface area contributed by atoms with E-state index < -0.39 is 0 Å². The summed E-state index contributed by atoms with van der Waals surface area (Å²) in [5, 5.41) is 3.98. The molecule has 3 heteroatoms. The van der Waals surface area contributed by atoms with Gasteiger partial charge in [-0.05, 0) is 90.1 Å². The average molecular weight is 590 g/mol. The fourth-order valence-electron chi connectivity index (χ4n) is 7.85. The fourth-order valence-corrected chi connectivity index (χ4v) is 7.85. The van der Waals surface area contributed by atoms with Crippen LogP contribution in [0, 0.1) is 23.7 Å². The van der Waals surface area contributed by atoms with Gasteiger partial charge in [0.25, 0.3) is 0 Å². The zero-order chi connectivity index (χ0) is 30.8. The second kappa shape index (κ2) is 12.5. The SMILES string of the molecule is CC1C(c2ccccn2)=CC(C2=CC(C)(C3C=CC=CC3)NC(c3ccccc3)=C2)C(C)C1c1ccc(C2=CCCC=C2)cn1. The zero-order valence-corrected chi connectivity index (χ0v) is 26.6. The van der Waals surface area contributed by atoms with E-state index in [1.807, 2.05) is 12.3 Å². The maximum Gasteiger partial charge on any atom is 0.0661 e. The number of pyridine rings is 2. The van der Waals surface area contributed by atoms with Crippen LogP contribution < -0.4 is 5.32 Å². The molecule has 226 valence electrons. The van der Waals surface area contributed by atoms with E-state index in [9.17, 15) is 0 Å². The summed E-state index contributed by atoms with van der Waals surface area (Å²) in [7, 11) is 0. The van der Waals surface area contributed by atoms with Crippen LogP contribution in [0.3, 0.4) is 0 Å². The summed E-state index contributed by atoms with van der Waals surface area (Å²) < 4.78 is 0. The van der Waals surface area contributed by atoms with Gasteiger partial charge in [0.1, 0.15) is 0 Å². The molecule has 1 aliphatic heterocycles. The largest absolute Gasteiger partial charge is 0.375 e. The van der Waals surface area contributed by atoms with Crippen LogP contribution in [0.15, 0.2) is 139 Å². The molecule has 3 nitrogen and oxygen atoms in total. The number of rotatable bonds is 6. The molecule has 0 saturated heterocycles. The van der Waals surface area contributed by atoms with Crippen LogP contribution in [-0.4, -0.2) is 15.5 Å². The summed E-state index contributed by atoms with van der Waals surface area (Å²) in [6.07, 6.45) is 30.5. The van der Waals surface area contributed by atoms with Gasteiger partial charge in [-0.3, -0.25) is 9.97 Å². The van der Waals surface area contributed by atoms with Crippen molar-refractivity contribution in [3.05, 3.63) is 162 Å². The molecule has 3 aliphatic carbocycles. The van der Waals surface area contributed by atoms with Crippen molar-refractivity contribution >= 4 is 16.8 Å². The maximum atomic E-state index is 5.16. The highest BCUT2D eigenvalue weighted by atomic mass is 15.0. The minimum absolute atomic E-state index is 0.205. The third-order valence-corrected chi connectivity index (χ3v) is 10.3. The lowest BCUT2D eigenvalue weighted by Crippen LogP contribution is -2.48. The summed E-state index contributed by atoms with van der Waals surface area (Å²) in [6.45, 7) is 7.16. The number of nitrogens with one attached hydrogen (secondary N) is 1. The van der Waals surface area contributed by atoms with Gasteiger partial charge in [0.2, 0.25) is 0 Å². The molecule has 0 saturated carbocycles. The minimum Gasteiger partial charge on any atom is -0.375 e. The molecule has 0 amide bonds. The van der Waals surface area contributed by atoms with E-state index in [2.05, 4.69) is 148 Å². The molecular weight excluding hydrogens is 546 g/mol. The fraction of sp³-hybridized carbons (Fsp3) is 0.286. The van der Waals surface area contributed by atoms with E-state index in [0.29, 0.717) is 11.8 Å². The first kappa shape index (κ1) is 29.2. The van der Waals surface area contributed by atoms with Gasteiger partial charge in [-0.2, -0.15) is 0 Å². The minimum atomic E-state index is -0.227. The van der Waals surface area contributed by atoms with E-state index in [0.717, 1.165) is 30.7 Å². The van der Waals surface area contributed by atoms with E-state index in [-0.39, 0.29) is 23.3 Å². The Labute approximate surface area is 268 Å². The lowest BCUT2D eigenvalue weighted by molar-refractivity contribution is 0.315. The molecule has 6 atom stereocenters. The van der Waals surface area contributed by atoms with Crippen LogP contribution in [0.25, 0.3) is 16.8 Å². The second-order valence-corrected chi connectivity index (χ2v) is 13.3. The third kappa shape index (κ3) is 5.84. The zero-order valence-electron chi connectivity index (χ0n) is 26.6. The van der Waals surface area contributed by atoms with Gasteiger partial charge in [-0.25, -0.2) is 0 Å². The summed E-state index contributed by atoms with van der Waals surface area (Å²) in [4.78, 5) is 10.0. The summed E-state index contributed by atoms with van der Waals surface area (Å²) in [5.41, 5.74) is 9.55. The first-order chi connectivity index (χ1) is 22.0. The Kier molecular flexibility index (Phi) is 8.10. The lowest BCUT2D eigenvalue weighted by atomic mass is 9.63. The predicted octanol–water partition coefficient (Wildman–Crippen LogP) is 9.74. The van der Waals surface area contributed by atoms with Crippen molar-refractivity contribution in [1.82, 2.24) is 15.3 Å². The number of dihydropyridines is 1. The first-order valence-electron chi connectivity index (χ1n) is 16.6. The number of hydrogen-bond acceptors (Lipinski definition) is 3. The van der Waals surface area contributed by atoms with Gasteiger partial charge >= 0.3 is 0 Å². The van der Waals surface area contributed by atoms with Crippen molar-refractivity contribution in [3.8, 4) is 0 Å². The monoisotopic (exact) mass is 589 g/mol. The van der Waals surface area contributed by atoms with Crippen LogP contribution in [-0.2, 0) is 0 Å². The Morgan fingerprint density at radius 1 is 0.867 bits per heavy atom. The Morgan fingerprint density at radius 3 is 2.44 bits per heavy atom. The second-order valence-electron chi connectivity index (χ2n) is 13.3.